The molecule has 0 unspecified atom stereocenters. The van der Waals surface area contributed by atoms with Crippen molar-refractivity contribution in [1.29, 1.82) is 0 Å². The summed E-state index contributed by atoms with van der Waals surface area (Å²) in [6, 6.07) is 1.71. The molecule has 82 valence electrons. The second-order valence-electron chi connectivity index (χ2n) is 3.54. The van der Waals surface area contributed by atoms with Crippen LogP contribution in [0.3, 0.4) is 0 Å². The molecule has 1 saturated heterocycles. The van der Waals surface area contributed by atoms with Gasteiger partial charge in [-0.05, 0) is 28.9 Å². The summed E-state index contributed by atoms with van der Waals surface area (Å²) >= 11 is 3.19. The van der Waals surface area contributed by atoms with Gasteiger partial charge in [0.15, 0.2) is 4.67 Å². The highest BCUT2D eigenvalue weighted by Gasteiger charge is 2.18. The molecule has 1 aliphatic rings. The van der Waals surface area contributed by atoms with E-state index in [1.165, 1.54) is 6.26 Å². The highest BCUT2D eigenvalue weighted by Crippen LogP contribution is 2.16. The fraction of sp³-hybridized carbons (Fsp3) is 0.500. The number of halogens is 1. The minimum Gasteiger partial charge on any atom is -0.457 e. The van der Waals surface area contributed by atoms with Gasteiger partial charge in [0.25, 0.3) is 5.91 Å². The number of furan rings is 1. The summed E-state index contributed by atoms with van der Waals surface area (Å²) in [6.45, 7) is 3.43. The number of amides is 1. The van der Waals surface area contributed by atoms with Gasteiger partial charge in [-0.1, -0.05) is 0 Å². The highest BCUT2D eigenvalue weighted by molar-refractivity contribution is 9.10. The van der Waals surface area contributed by atoms with E-state index >= 15 is 0 Å². The standard InChI is InChI=1S/C10H13BrN2O2/c11-9-6-8(7-15-9)10(14)13-4-1-2-12-3-5-13/h6-7,12H,1-5H2. The van der Waals surface area contributed by atoms with Gasteiger partial charge in [-0.2, -0.15) is 0 Å². The molecule has 4 nitrogen and oxygen atoms in total. The number of nitrogens with zero attached hydrogens (tertiary/aromatic N) is 1. The van der Waals surface area contributed by atoms with Gasteiger partial charge in [0, 0.05) is 25.7 Å². The zero-order valence-corrected chi connectivity index (χ0v) is 9.92. The van der Waals surface area contributed by atoms with Crippen molar-refractivity contribution in [2.45, 2.75) is 6.42 Å². The van der Waals surface area contributed by atoms with E-state index in [9.17, 15) is 4.79 Å². The Morgan fingerprint density at radius 1 is 1.47 bits per heavy atom. The van der Waals surface area contributed by atoms with Crippen LogP contribution in [0.2, 0.25) is 0 Å². The molecule has 1 N–H and O–H groups in total. The van der Waals surface area contributed by atoms with Crippen LogP contribution < -0.4 is 5.32 Å². The Hall–Kier alpha value is -0.810. The second kappa shape index (κ2) is 4.81. The minimum atomic E-state index is 0.0492. The Balaban J connectivity index is 2.06. The van der Waals surface area contributed by atoms with Crippen LogP contribution in [0.25, 0.3) is 0 Å². The van der Waals surface area contributed by atoms with Gasteiger partial charge in [0.05, 0.1) is 5.56 Å². The fourth-order valence-corrected chi connectivity index (χ4v) is 1.99. The molecule has 2 rings (SSSR count). The molecule has 0 aliphatic carbocycles. The monoisotopic (exact) mass is 272 g/mol. The van der Waals surface area contributed by atoms with E-state index in [0.717, 1.165) is 32.6 Å². The predicted molar refractivity (Wildman–Crippen MR) is 59.8 cm³/mol. The summed E-state index contributed by atoms with van der Waals surface area (Å²) in [5.74, 6) is 0.0492. The predicted octanol–water partition coefficient (Wildman–Crippen LogP) is 1.48. The van der Waals surface area contributed by atoms with E-state index in [2.05, 4.69) is 21.2 Å². The Morgan fingerprint density at radius 2 is 2.33 bits per heavy atom. The van der Waals surface area contributed by atoms with Crippen molar-refractivity contribution in [2.24, 2.45) is 0 Å². The number of hydrogen-bond donors (Lipinski definition) is 1. The molecule has 1 aromatic heterocycles. The van der Waals surface area contributed by atoms with Crippen molar-refractivity contribution >= 4 is 21.8 Å². The zero-order valence-electron chi connectivity index (χ0n) is 8.33. The Labute approximate surface area is 96.7 Å². The SMILES string of the molecule is O=C(c1coc(Br)c1)N1CCCNCC1. The summed E-state index contributed by atoms with van der Waals surface area (Å²) < 4.78 is 5.66. The van der Waals surface area contributed by atoms with Gasteiger partial charge in [0.1, 0.15) is 6.26 Å². The lowest BCUT2D eigenvalue weighted by Crippen LogP contribution is -2.33. The fourth-order valence-electron chi connectivity index (χ4n) is 1.65. The first kappa shape index (κ1) is 10.7. The van der Waals surface area contributed by atoms with E-state index in [4.69, 9.17) is 4.42 Å². The molecule has 2 heterocycles. The van der Waals surface area contributed by atoms with Gasteiger partial charge in [0.2, 0.25) is 0 Å². The molecule has 0 bridgehead atoms. The van der Waals surface area contributed by atoms with E-state index in [0.29, 0.717) is 10.2 Å². The summed E-state index contributed by atoms with van der Waals surface area (Å²) in [4.78, 5) is 13.8. The molecule has 5 heteroatoms. The second-order valence-corrected chi connectivity index (χ2v) is 4.32. The Bertz CT molecular complexity index is 343. The van der Waals surface area contributed by atoms with E-state index in [-0.39, 0.29) is 5.91 Å². The lowest BCUT2D eigenvalue weighted by molar-refractivity contribution is 0.0765. The van der Waals surface area contributed by atoms with Gasteiger partial charge in [-0.3, -0.25) is 4.79 Å². The van der Waals surface area contributed by atoms with Crippen molar-refractivity contribution in [3.05, 3.63) is 22.6 Å². The summed E-state index contributed by atoms with van der Waals surface area (Å²) in [5.41, 5.74) is 0.615. The maximum absolute atomic E-state index is 12.0. The summed E-state index contributed by atoms with van der Waals surface area (Å²) in [5, 5.41) is 3.26. The first-order chi connectivity index (χ1) is 7.27. The van der Waals surface area contributed by atoms with Crippen molar-refractivity contribution in [1.82, 2.24) is 10.2 Å². The summed E-state index contributed by atoms with van der Waals surface area (Å²) in [6.07, 6.45) is 2.50. The maximum atomic E-state index is 12.0. The van der Waals surface area contributed by atoms with Crippen molar-refractivity contribution in [3.8, 4) is 0 Å². The van der Waals surface area contributed by atoms with Crippen molar-refractivity contribution in [2.75, 3.05) is 26.2 Å². The molecular formula is C10H13BrN2O2. The highest BCUT2D eigenvalue weighted by atomic mass is 79.9. The van der Waals surface area contributed by atoms with Crippen molar-refractivity contribution < 1.29 is 9.21 Å². The van der Waals surface area contributed by atoms with Crippen LogP contribution in [0.4, 0.5) is 0 Å². The molecule has 1 aromatic rings. The number of carbonyl (C=O) groups excluding carboxylic acids is 1. The summed E-state index contributed by atoms with van der Waals surface area (Å²) in [7, 11) is 0. The number of rotatable bonds is 1. The van der Waals surface area contributed by atoms with Gasteiger partial charge in [-0.25, -0.2) is 0 Å². The Morgan fingerprint density at radius 3 is 3.07 bits per heavy atom. The van der Waals surface area contributed by atoms with Crippen molar-refractivity contribution in [3.63, 3.8) is 0 Å². The van der Waals surface area contributed by atoms with Gasteiger partial charge in [-0.15, -0.1) is 0 Å². The molecule has 15 heavy (non-hydrogen) atoms. The lowest BCUT2D eigenvalue weighted by Gasteiger charge is -2.18. The normalized spacial score (nSPS) is 17.5. The number of hydrogen-bond acceptors (Lipinski definition) is 3. The molecule has 0 saturated carbocycles. The van der Waals surface area contributed by atoms with Gasteiger partial charge < -0.3 is 14.6 Å². The van der Waals surface area contributed by atoms with E-state index in [1.54, 1.807) is 6.07 Å². The van der Waals surface area contributed by atoms with Crippen LogP contribution in [-0.2, 0) is 0 Å². The Kier molecular flexibility index (Phi) is 3.43. The minimum absolute atomic E-state index is 0.0492. The third-order valence-electron chi connectivity index (χ3n) is 2.44. The van der Waals surface area contributed by atoms with E-state index < -0.39 is 0 Å². The third kappa shape index (κ3) is 2.60. The van der Waals surface area contributed by atoms with Crippen LogP contribution in [0, 0.1) is 0 Å². The molecule has 0 atom stereocenters. The number of carbonyl (C=O) groups is 1. The van der Waals surface area contributed by atoms with Crippen LogP contribution in [0.5, 0.6) is 0 Å². The van der Waals surface area contributed by atoms with Gasteiger partial charge >= 0.3 is 0 Å². The molecule has 0 spiro atoms. The van der Waals surface area contributed by atoms with Crippen LogP contribution in [0.1, 0.15) is 16.8 Å². The maximum Gasteiger partial charge on any atom is 0.257 e. The average Bonchev–Trinajstić information content (AvgIpc) is 2.53. The largest absolute Gasteiger partial charge is 0.457 e. The van der Waals surface area contributed by atoms with Crippen LogP contribution in [-0.4, -0.2) is 37.0 Å². The average molecular weight is 273 g/mol. The first-order valence-electron chi connectivity index (χ1n) is 5.01. The quantitative estimate of drug-likeness (QED) is 0.843. The molecule has 1 fully saturated rings. The zero-order chi connectivity index (χ0) is 10.7. The lowest BCUT2D eigenvalue weighted by atomic mass is 10.3. The molecule has 0 aromatic carbocycles. The van der Waals surface area contributed by atoms with E-state index in [1.807, 2.05) is 4.90 Å². The molecule has 1 amide bonds. The van der Waals surface area contributed by atoms with Crippen LogP contribution in [0.15, 0.2) is 21.4 Å². The van der Waals surface area contributed by atoms with Crippen LogP contribution >= 0.6 is 15.9 Å². The topological polar surface area (TPSA) is 45.5 Å². The first-order valence-corrected chi connectivity index (χ1v) is 5.81. The molecule has 0 radical (unpaired) electrons. The smallest absolute Gasteiger partial charge is 0.257 e. The molecular weight excluding hydrogens is 260 g/mol. The number of nitrogens with one attached hydrogen (secondary N) is 1. The molecule has 1 aliphatic heterocycles. The third-order valence-corrected chi connectivity index (χ3v) is 2.86.